The van der Waals surface area contributed by atoms with Gasteiger partial charge >= 0.3 is 5.97 Å². The fourth-order valence-corrected chi connectivity index (χ4v) is 4.12. The average Bonchev–Trinajstić information content (AvgIpc) is 3.15. The van der Waals surface area contributed by atoms with Crippen LogP contribution in [0.4, 0.5) is 0 Å². The number of hydrogen-bond donors (Lipinski definition) is 3. The van der Waals surface area contributed by atoms with E-state index in [9.17, 15) is 29.1 Å². The SMILES string of the molecule is O=C1CCC(N2Cc3c(OCC(=O)N[C@@H](Cc4ccccc4)C(=O)O)cccc3C2=O)C(=O)N1. The minimum absolute atomic E-state index is 0.101. The van der Waals surface area contributed by atoms with Crippen LogP contribution in [0.25, 0.3) is 0 Å². The molecule has 176 valence electrons. The smallest absolute Gasteiger partial charge is 0.326 e. The molecule has 0 aliphatic carbocycles. The lowest BCUT2D eigenvalue weighted by atomic mass is 10.0. The molecule has 10 heteroatoms. The molecule has 2 atom stereocenters. The number of nitrogens with one attached hydrogen (secondary N) is 2. The first-order valence-electron chi connectivity index (χ1n) is 10.8. The number of nitrogens with zero attached hydrogens (tertiary/aromatic N) is 1. The molecule has 0 aromatic heterocycles. The highest BCUT2D eigenvalue weighted by Gasteiger charge is 2.40. The highest BCUT2D eigenvalue weighted by Crippen LogP contribution is 2.33. The number of rotatable bonds is 8. The normalized spacial score (nSPS) is 18.2. The second-order valence-electron chi connectivity index (χ2n) is 8.12. The first-order valence-corrected chi connectivity index (χ1v) is 10.8. The predicted molar refractivity (Wildman–Crippen MR) is 118 cm³/mol. The van der Waals surface area contributed by atoms with Crippen molar-refractivity contribution in [1.29, 1.82) is 0 Å². The molecular weight excluding hydrogens is 442 g/mol. The van der Waals surface area contributed by atoms with Crippen LogP contribution in [0, 0.1) is 0 Å². The van der Waals surface area contributed by atoms with Gasteiger partial charge in [0.1, 0.15) is 17.8 Å². The molecule has 2 aliphatic rings. The summed E-state index contributed by atoms with van der Waals surface area (Å²) in [6, 6.07) is 11.9. The maximum atomic E-state index is 12.9. The van der Waals surface area contributed by atoms with Crippen molar-refractivity contribution in [2.75, 3.05) is 6.61 Å². The van der Waals surface area contributed by atoms with Gasteiger partial charge in [0.2, 0.25) is 11.8 Å². The van der Waals surface area contributed by atoms with Crippen molar-refractivity contribution in [3.8, 4) is 5.75 Å². The summed E-state index contributed by atoms with van der Waals surface area (Å²) in [5.74, 6) is -2.72. The lowest BCUT2D eigenvalue weighted by Crippen LogP contribution is -2.52. The number of hydrogen-bond acceptors (Lipinski definition) is 6. The van der Waals surface area contributed by atoms with Crippen LogP contribution in [-0.2, 0) is 32.1 Å². The van der Waals surface area contributed by atoms with Gasteiger partial charge in [-0.15, -0.1) is 0 Å². The Labute approximate surface area is 194 Å². The topological polar surface area (TPSA) is 142 Å². The molecule has 0 saturated carbocycles. The Morgan fingerprint density at radius 3 is 2.59 bits per heavy atom. The number of fused-ring (bicyclic) bond motifs is 1. The number of ether oxygens (including phenoxy) is 1. The monoisotopic (exact) mass is 465 g/mol. The van der Waals surface area contributed by atoms with Crippen LogP contribution < -0.4 is 15.4 Å². The Hall–Kier alpha value is -4.21. The summed E-state index contributed by atoms with van der Waals surface area (Å²) in [7, 11) is 0. The summed E-state index contributed by atoms with van der Waals surface area (Å²) in [6.07, 6.45) is 0.507. The first kappa shape index (κ1) is 23.0. The highest BCUT2D eigenvalue weighted by atomic mass is 16.5. The number of imide groups is 1. The minimum atomic E-state index is -1.16. The van der Waals surface area contributed by atoms with Gasteiger partial charge in [0.15, 0.2) is 6.61 Å². The van der Waals surface area contributed by atoms with Gasteiger partial charge in [-0.3, -0.25) is 24.5 Å². The molecule has 2 aromatic rings. The van der Waals surface area contributed by atoms with E-state index in [1.54, 1.807) is 42.5 Å². The molecule has 0 radical (unpaired) electrons. The molecule has 2 heterocycles. The molecule has 1 unspecified atom stereocenters. The molecule has 0 bridgehead atoms. The third kappa shape index (κ3) is 4.90. The Kier molecular flexibility index (Phi) is 6.58. The van der Waals surface area contributed by atoms with Crippen LogP contribution in [0.5, 0.6) is 5.75 Å². The molecule has 1 saturated heterocycles. The molecule has 10 nitrogen and oxygen atoms in total. The largest absolute Gasteiger partial charge is 0.483 e. The van der Waals surface area contributed by atoms with Gasteiger partial charge in [-0.2, -0.15) is 0 Å². The van der Waals surface area contributed by atoms with Gasteiger partial charge in [-0.1, -0.05) is 36.4 Å². The summed E-state index contributed by atoms with van der Waals surface area (Å²) in [4.78, 5) is 61.9. The number of carboxylic acid groups (broad SMARTS) is 1. The lowest BCUT2D eigenvalue weighted by Gasteiger charge is -2.29. The highest BCUT2D eigenvalue weighted by molar-refractivity contribution is 6.05. The van der Waals surface area contributed by atoms with Crippen molar-refractivity contribution in [3.63, 3.8) is 0 Å². The Balaban J connectivity index is 1.40. The van der Waals surface area contributed by atoms with Gasteiger partial charge in [0, 0.05) is 24.0 Å². The van der Waals surface area contributed by atoms with E-state index < -0.39 is 36.5 Å². The van der Waals surface area contributed by atoms with Crippen molar-refractivity contribution in [2.24, 2.45) is 0 Å². The molecule has 1 fully saturated rings. The lowest BCUT2D eigenvalue weighted by molar-refractivity contribution is -0.142. The maximum Gasteiger partial charge on any atom is 0.326 e. The number of carbonyl (C=O) groups excluding carboxylic acids is 4. The standard InChI is InChI=1S/C24H23N3O7/c28-20-10-9-18(22(30)26-20)27-12-16-15(23(27)31)7-4-8-19(16)34-13-21(29)25-17(24(32)33)11-14-5-2-1-3-6-14/h1-8,17-18H,9-13H2,(H,25,29)(H,32,33)(H,26,28,30)/t17-,18?/m0/s1. The average molecular weight is 465 g/mol. The van der Waals surface area contributed by atoms with Crippen LogP contribution in [-0.4, -0.2) is 58.3 Å². The van der Waals surface area contributed by atoms with Crippen molar-refractivity contribution in [2.45, 2.75) is 37.9 Å². The number of carbonyl (C=O) groups is 5. The zero-order valence-electron chi connectivity index (χ0n) is 18.2. The van der Waals surface area contributed by atoms with E-state index in [1.807, 2.05) is 6.07 Å². The summed E-state index contributed by atoms with van der Waals surface area (Å²) >= 11 is 0. The number of piperidine rings is 1. The number of amides is 4. The van der Waals surface area contributed by atoms with E-state index in [4.69, 9.17) is 4.74 Å². The van der Waals surface area contributed by atoms with E-state index in [0.29, 0.717) is 16.9 Å². The third-order valence-corrected chi connectivity index (χ3v) is 5.81. The van der Waals surface area contributed by atoms with E-state index in [-0.39, 0.29) is 37.6 Å². The molecule has 3 N–H and O–H groups in total. The molecule has 2 aromatic carbocycles. The van der Waals surface area contributed by atoms with E-state index in [1.165, 1.54) is 4.90 Å². The van der Waals surface area contributed by atoms with Crippen LogP contribution >= 0.6 is 0 Å². The Morgan fingerprint density at radius 2 is 1.88 bits per heavy atom. The third-order valence-electron chi connectivity index (χ3n) is 5.81. The quantitative estimate of drug-likeness (QED) is 0.486. The Morgan fingerprint density at radius 1 is 1.12 bits per heavy atom. The van der Waals surface area contributed by atoms with Gasteiger partial charge < -0.3 is 20.1 Å². The van der Waals surface area contributed by atoms with Gasteiger partial charge in [-0.05, 0) is 24.1 Å². The summed E-state index contributed by atoms with van der Waals surface area (Å²) in [5, 5.41) is 14.2. The minimum Gasteiger partial charge on any atom is -0.483 e. The summed E-state index contributed by atoms with van der Waals surface area (Å²) in [6.45, 7) is -0.342. The summed E-state index contributed by atoms with van der Waals surface area (Å²) < 4.78 is 5.63. The zero-order chi connectivity index (χ0) is 24.2. The number of benzene rings is 2. The summed E-state index contributed by atoms with van der Waals surface area (Å²) in [5.41, 5.74) is 1.66. The molecule has 4 rings (SSSR count). The van der Waals surface area contributed by atoms with Gasteiger partial charge in [0.05, 0.1) is 6.54 Å². The zero-order valence-corrected chi connectivity index (χ0v) is 18.2. The molecule has 2 aliphatic heterocycles. The number of carboxylic acids is 1. The van der Waals surface area contributed by atoms with E-state index >= 15 is 0 Å². The molecular formula is C24H23N3O7. The molecule has 4 amide bonds. The van der Waals surface area contributed by atoms with Crippen LogP contribution in [0.2, 0.25) is 0 Å². The van der Waals surface area contributed by atoms with Gasteiger partial charge in [0.25, 0.3) is 11.8 Å². The Bertz CT molecular complexity index is 1150. The fourth-order valence-electron chi connectivity index (χ4n) is 4.12. The van der Waals surface area contributed by atoms with Crippen molar-refractivity contribution in [1.82, 2.24) is 15.5 Å². The van der Waals surface area contributed by atoms with E-state index in [2.05, 4.69) is 10.6 Å². The second kappa shape index (κ2) is 9.74. The van der Waals surface area contributed by atoms with Crippen molar-refractivity contribution < 1.29 is 33.8 Å². The first-order chi connectivity index (χ1) is 16.3. The van der Waals surface area contributed by atoms with Crippen LogP contribution in [0.3, 0.4) is 0 Å². The van der Waals surface area contributed by atoms with Crippen LogP contribution in [0.1, 0.15) is 34.3 Å². The molecule has 34 heavy (non-hydrogen) atoms. The predicted octanol–water partition coefficient (Wildman–Crippen LogP) is 0.638. The van der Waals surface area contributed by atoms with Crippen LogP contribution in [0.15, 0.2) is 48.5 Å². The fraction of sp³-hybridized carbons (Fsp3) is 0.292. The van der Waals surface area contributed by atoms with Gasteiger partial charge in [-0.25, -0.2) is 4.79 Å². The second-order valence-corrected chi connectivity index (χ2v) is 8.12. The van der Waals surface area contributed by atoms with Crippen molar-refractivity contribution in [3.05, 3.63) is 65.2 Å². The number of aliphatic carboxylic acids is 1. The van der Waals surface area contributed by atoms with Crippen molar-refractivity contribution >= 4 is 29.6 Å². The molecule has 0 spiro atoms. The van der Waals surface area contributed by atoms with E-state index in [0.717, 1.165) is 5.56 Å². The maximum absolute atomic E-state index is 12.9.